The van der Waals surface area contributed by atoms with E-state index >= 15 is 0 Å². The Bertz CT molecular complexity index is 2480. The van der Waals surface area contributed by atoms with E-state index in [0.717, 1.165) is 22.1 Å². The van der Waals surface area contributed by atoms with Crippen LogP contribution >= 0.6 is 0 Å². The Morgan fingerprint density at radius 2 is 0.930 bits per heavy atom. The lowest BCUT2D eigenvalue weighted by atomic mass is 9.89. The van der Waals surface area contributed by atoms with Crippen LogP contribution in [0.15, 0.2) is 146 Å². The van der Waals surface area contributed by atoms with Crippen molar-refractivity contribution in [1.82, 2.24) is 4.57 Å². The molecule has 0 atom stereocenters. The molecule has 0 saturated heterocycles. The molecule has 0 fully saturated rings. The molecule has 0 spiro atoms. The zero-order valence-corrected chi connectivity index (χ0v) is 23.3. The lowest BCUT2D eigenvalue weighted by molar-refractivity contribution is 1.18. The molecule has 1 heterocycles. The van der Waals surface area contributed by atoms with Crippen molar-refractivity contribution in [1.29, 1.82) is 0 Å². The Balaban J connectivity index is 1.26. The summed E-state index contributed by atoms with van der Waals surface area (Å²) >= 11 is 0. The van der Waals surface area contributed by atoms with Crippen molar-refractivity contribution < 1.29 is 0 Å². The lowest BCUT2D eigenvalue weighted by Crippen LogP contribution is -1.93. The fraction of sp³-hybridized carbons (Fsp3) is 0. The SMILES string of the molecule is [C-]#[N+]c1ccc2c3ccc(-c4cc5ccc6cc(-c7ccccc7)cc7ccc(c4)c5c67)cc3n(-c3ccccc3)c2c1. The monoisotopic (exact) mass is 544 g/mol. The lowest BCUT2D eigenvalue weighted by Gasteiger charge is -2.15. The fourth-order valence-electron chi connectivity index (χ4n) is 6.91. The highest BCUT2D eigenvalue weighted by molar-refractivity contribution is 6.24. The van der Waals surface area contributed by atoms with Crippen molar-refractivity contribution >= 4 is 59.8 Å². The number of hydrogen-bond acceptors (Lipinski definition) is 0. The van der Waals surface area contributed by atoms with Gasteiger partial charge in [0.05, 0.1) is 12.1 Å². The molecule has 0 radical (unpaired) electrons. The van der Waals surface area contributed by atoms with E-state index in [1.54, 1.807) is 0 Å². The zero-order valence-electron chi connectivity index (χ0n) is 23.3. The van der Waals surface area contributed by atoms with Gasteiger partial charge in [-0.15, -0.1) is 0 Å². The standard InChI is InChI=1S/C41H24N2/c1-42-34-17-19-37-36-18-16-27(24-38(36)43(39(37)25-34)35-10-6-3-7-11-35)33-22-30-14-12-28-20-32(26-8-4-2-5-9-26)21-29-13-15-31(23-33)41(30)40(28)29/h2-25H. The molecule has 2 heteroatoms. The van der Waals surface area contributed by atoms with E-state index in [2.05, 4.69) is 137 Å². The van der Waals surface area contributed by atoms with Crippen molar-refractivity contribution in [3.63, 3.8) is 0 Å². The van der Waals surface area contributed by atoms with E-state index in [9.17, 15) is 0 Å². The number of nitrogens with zero attached hydrogens (tertiary/aromatic N) is 2. The van der Waals surface area contributed by atoms with Crippen LogP contribution in [-0.2, 0) is 0 Å². The molecule has 9 aromatic rings. The molecule has 2 nitrogen and oxygen atoms in total. The minimum absolute atomic E-state index is 0.649. The molecule has 0 aliphatic carbocycles. The molecule has 198 valence electrons. The van der Waals surface area contributed by atoms with Gasteiger partial charge in [0.2, 0.25) is 0 Å². The normalized spacial score (nSPS) is 11.7. The van der Waals surface area contributed by atoms with Gasteiger partial charge < -0.3 is 4.57 Å². The average Bonchev–Trinajstić information content (AvgIpc) is 3.40. The molecule has 1 aromatic heterocycles. The van der Waals surface area contributed by atoms with Crippen LogP contribution in [-0.4, -0.2) is 4.57 Å². The molecule has 0 saturated carbocycles. The maximum Gasteiger partial charge on any atom is 0.189 e. The summed E-state index contributed by atoms with van der Waals surface area (Å²) in [4.78, 5) is 3.72. The van der Waals surface area contributed by atoms with Gasteiger partial charge in [-0.25, -0.2) is 4.85 Å². The molecule has 0 aliphatic heterocycles. The second kappa shape index (κ2) is 9.05. The number of hydrogen-bond donors (Lipinski definition) is 0. The summed E-state index contributed by atoms with van der Waals surface area (Å²) in [7, 11) is 0. The Labute approximate surface area is 248 Å². The molecule has 0 aliphatic rings. The molecular weight excluding hydrogens is 520 g/mol. The van der Waals surface area contributed by atoms with E-state index in [0.29, 0.717) is 5.69 Å². The molecule has 8 aromatic carbocycles. The maximum atomic E-state index is 7.59. The summed E-state index contributed by atoms with van der Waals surface area (Å²) in [6.07, 6.45) is 0. The topological polar surface area (TPSA) is 9.29 Å². The number of rotatable bonds is 3. The number of para-hydroxylation sites is 1. The second-order valence-electron chi connectivity index (χ2n) is 11.3. The van der Waals surface area contributed by atoms with Gasteiger partial charge in [-0.3, -0.25) is 0 Å². The summed E-state index contributed by atoms with van der Waals surface area (Å²) in [6.45, 7) is 7.59. The molecule has 9 rings (SSSR count). The zero-order chi connectivity index (χ0) is 28.5. The second-order valence-corrected chi connectivity index (χ2v) is 11.3. The van der Waals surface area contributed by atoms with E-state index < -0.39 is 0 Å². The third-order valence-electron chi connectivity index (χ3n) is 8.87. The van der Waals surface area contributed by atoms with E-state index in [4.69, 9.17) is 6.57 Å². The van der Waals surface area contributed by atoms with Crippen LogP contribution in [0.1, 0.15) is 0 Å². The van der Waals surface area contributed by atoms with Crippen molar-refractivity contribution in [2.24, 2.45) is 0 Å². The third kappa shape index (κ3) is 3.59. The Kier molecular flexibility index (Phi) is 5.00. The van der Waals surface area contributed by atoms with Crippen LogP contribution in [0.3, 0.4) is 0 Å². The number of aromatic nitrogens is 1. The van der Waals surface area contributed by atoms with Crippen molar-refractivity contribution in [3.8, 4) is 27.9 Å². The largest absolute Gasteiger partial charge is 0.310 e. The van der Waals surface area contributed by atoms with Gasteiger partial charge in [0.1, 0.15) is 0 Å². The average molecular weight is 545 g/mol. The van der Waals surface area contributed by atoms with Gasteiger partial charge >= 0.3 is 0 Å². The summed E-state index contributed by atoms with van der Waals surface area (Å²) in [6, 6.07) is 52.2. The first-order chi connectivity index (χ1) is 21.2. The minimum atomic E-state index is 0.649. The first-order valence-corrected chi connectivity index (χ1v) is 14.5. The van der Waals surface area contributed by atoms with Crippen molar-refractivity contribution in [2.75, 3.05) is 0 Å². The molecule has 0 amide bonds. The van der Waals surface area contributed by atoms with Crippen LogP contribution in [0.5, 0.6) is 0 Å². The van der Waals surface area contributed by atoms with Crippen LogP contribution in [0.4, 0.5) is 5.69 Å². The maximum absolute atomic E-state index is 7.59. The minimum Gasteiger partial charge on any atom is -0.310 e. The van der Waals surface area contributed by atoms with Gasteiger partial charge in [-0.05, 0) is 103 Å². The highest BCUT2D eigenvalue weighted by Crippen LogP contribution is 2.41. The molecule has 0 bridgehead atoms. The van der Waals surface area contributed by atoms with Gasteiger partial charge in [0, 0.05) is 22.0 Å². The van der Waals surface area contributed by atoms with E-state index in [-0.39, 0.29) is 0 Å². The van der Waals surface area contributed by atoms with Gasteiger partial charge in [-0.2, -0.15) is 0 Å². The van der Waals surface area contributed by atoms with Crippen LogP contribution < -0.4 is 0 Å². The number of benzene rings is 8. The van der Waals surface area contributed by atoms with E-state index in [1.807, 2.05) is 18.2 Å². The van der Waals surface area contributed by atoms with Gasteiger partial charge in [0.25, 0.3) is 0 Å². The van der Waals surface area contributed by atoms with Crippen molar-refractivity contribution in [3.05, 3.63) is 157 Å². The van der Waals surface area contributed by atoms with Crippen molar-refractivity contribution in [2.45, 2.75) is 0 Å². The Morgan fingerprint density at radius 3 is 1.51 bits per heavy atom. The first-order valence-electron chi connectivity index (χ1n) is 14.5. The van der Waals surface area contributed by atoms with Crippen LogP contribution in [0, 0.1) is 6.57 Å². The summed E-state index contributed by atoms with van der Waals surface area (Å²) in [5.74, 6) is 0. The highest BCUT2D eigenvalue weighted by atomic mass is 15.0. The molecular formula is C41H24N2. The summed E-state index contributed by atoms with van der Waals surface area (Å²) in [5, 5.41) is 10.0. The molecule has 0 unspecified atom stereocenters. The van der Waals surface area contributed by atoms with Gasteiger partial charge in [-0.1, -0.05) is 97.1 Å². The number of fused-ring (bicyclic) bond motifs is 3. The Hall–Kier alpha value is -5.91. The summed E-state index contributed by atoms with van der Waals surface area (Å²) < 4.78 is 2.29. The van der Waals surface area contributed by atoms with Crippen LogP contribution in [0.25, 0.3) is 86.9 Å². The fourth-order valence-corrected chi connectivity index (χ4v) is 6.91. The van der Waals surface area contributed by atoms with Crippen LogP contribution in [0.2, 0.25) is 0 Å². The third-order valence-corrected chi connectivity index (χ3v) is 8.87. The molecule has 0 N–H and O–H groups in total. The Morgan fingerprint density at radius 1 is 0.419 bits per heavy atom. The highest BCUT2D eigenvalue weighted by Gasteiger charge is 2.16. The quantitative estimate of drug-likeness (QED) is 0.155. The first kappa shape index (κ1) is 23.8. The summed E-state index contributed by atoms with van der Waals surface area (Å²) in [5.41, 5.74) is 8.79. The van der Waals surface area contributed by atoms with E-state index in [1.165, 1.54) is 60.0 Å². The predicted octanol–water partition coefficient (Wildman–Crippen LogP) is 11.6. The molecule has 43 heavy (non-hydrogen) atoms. The smallest absolute Gasteiger partial charge is 0.189 e. The van der Waals surface area contributed by atoms with Gasteiger partial charge in [0.15, 0.2) is 5.69 Å². The predicted molar refractivity (Wildman–Crippen MR) is 182 cm³/mol.